The summed E-state index contributed by atoms with van der Waals surface area (Å²) in [5.41, 5.74) is 0.0272. The molecule has 0 unspecified atom stereocenters. The number of allylic oxidation sites excluding steroid dienone is 1. The van der Waals surface area contributed by atoms with Crippen molar-refractivity contribution in [1.29, 1.82) is 5.26 Å². The first-order valence-corrected chi connectivity index (χ1v) is 3.66. The van der Waals surface area contributed by atoms with Crippen LogP contribution < -0.4 is 0 Å². The molecule has 0 fully saturated rings. The van der Waals surface area contributed by atoms with Crippen molar-refractivity contribution < 1.29 is 14.6 Å². The van der Waals surface area contributed by atoms with Crippen molar-refractivity contribution in [3.63, 3.8) is 0 Å². The van der Waals surface area contributed by atoms with Gasteiger partial charge in [-0.3, -0.25) is 0 Å². The molecule has 0 atom stereocenters. The van der Waals surface area contributed by atoms with Crippen LogP contribution in [0.3, 0.4) is 0 Å². The Morgan fingerprint density at radius 1 is 1.58 bits per heavy atom. The predicted octanol–water partition coefficient (Wildman–Crippen LogP) is 1.30. The molecule has 66 valence electrons. The second-order valence-corrected chi connectivity index (χ2v) is 2.01. The van der Waals surface area contributed by atoms with Gasteiger partial charge in [-0.05, 0) is 13.3 Å². The Labute approximate surface area is 71.1 Å². The fourth-order valence-electron chi connectivity index (χ4n) is 0.740. The number of aliphatic carboxylic acids is 1. The molecule has 0 aromatic rings. The maximum Gasteiger partial charge on any atom is 0.336 e. The number of hydrogen-bond acceptors (Lipinski definition) is 3. The zero-order chi connectivity index (χ0) is 9.56. The van der Waals surface area contributed by atoms with Crippen molar-refractivity contribution >= 4 is 5.97 Å². The monoisotopic (exact) mass is 169 g/mol. The van der Waals surface area contributed by atoms with E-state index >= 15 is 0 Å². The van der Waals surface area contributed by atoms with Crippen molar-refractivity contribution in [3.05, 3.63) is 11.3 Å². The van der Waals surface area contributed by atoms with Crippen molar-refractivity contribution in [2.24, 2.45) is 0 Å². The minimum Gasteiger partial charge on any atom is -0.484 e. The maximum atomic E-state index is 10.5. The summed E-state index contributed by atoms with van der Waals surface area (Å²) < 4.78 is 4.84. The lowest BCUT2D eigenvalue weighted by atomic mass is 10.2. The van der Waals surface area contributed by atoms with Gasteiger partial charge in [-0.1, -0.05) is 6.92 Å². The van der Waals surface area contributed by atoms with Crippen LogP contribution in [-0.2, 0) is 9.53 Å². The van der Waals surface area contributed by atoms with E-state index in [1.54, 1.807) is 19.9 Å². The number of nitrogens with zero attached hydrogens (tertiary/aromatic N) is 1. The van der Waals surface area contributed by atoms with Crippen LogP contribution in [0.15, 0.2) is 11.3 Å². The molecule has 0 heterocycles. The highest BCUT2D eigenvalue weighted by Crippen LogP contribution is 2.09. The SMILES string of the molecule is CCOC(C#N)=C(CC)C(=O)O. The van der Waals surface area contributed by atoms with Gasteiger partial charge in [-0.2, -0.15) is 5.26 Å². The molecule has 0 rings (SSSR count). The zero-order valence-electron chi connectivity index (χ0n) is 7.13. The smallest absolute Gasteiger partial charge is 0.336 e. The highest BCUT2D eigenvalue weighted by atomic mass is 16.5. The van der Waals surface area contributed by atoms with E-state index in [1.165, 1.54) is 0 Å². The topological polar surface area (TPSA) is 70.3 Å². The van der Waals surface area contributed by atoms with Gasteiger partial charge in [0.15, 0.2) is 0 Å². The zero-order valence-corrected chi connectivity index (χ0v) is 7.13. The first-order valence-electron chi connectivity index (χ1n) is 3.66. The minimum absolute atomic E-state index is 0.0272. The molecule has 4 heteroatoms. The van der Waals surface area contributed by atoms with Crippen LogP contribution in [0, 0.1) is 11.3 Å². The molecule has 0 saturated carbocycles. The number of nitriles is 1. The van der Waals surface area contributed by atoms with E-state index < -0.39 is 5.97 Å². The molecule has 0 bridgehead atoms. The van der Waals surface area contributed by atoms with Crippen LogP contribution in [0.2, 0.25) is 0 Å². The average Bonchev–Trinajstić information content (AvgIpc) is 2.03. The van der Waals surface area contributed by atoms with Crippen LogP contribution in [0.5, 0.6) is 0 Å². The molecular weight excluding hydrogens is 158 g/mol. The van der Waals surface area contributed by atoms with Gasteiger partial charge in [0.2, 0.25) is 5.76 Å². The summed E-state index contributed by atoms with van der Waals surface area (Å²) >= 11 is 0. The lowest BCUT2D eigenvalue weighted by Gasteiger charge is -2.03. The fraction of sp³-hybridized carbons (Fsp3) is 0.500. The second kappa shape index (κ2) is 5.19. The Balaban J connectivity index is 4.77. The summed E-state index contributed by atoms with van der Waals surface area (Å²) in [4.78, 5) is 10.5. The molecule has 0 aliphatic carbocycles. The van der Waals surface area contributed by atoms with Crippen LogP contribution in [0.1, 0.15) is 20.3 Å². The lowest BCUT2D eigenvalue weighted by molar-refractivity contribution is -0.133. The maximum absolute atomic E-state index is 10.5. The summed E-state index contributed by atoms with van der Waals surface area (Å²) in [5.74, 6) is -1.19. The first-order chi connectivity index (χ1) is 5.67. The van der Waals surface area contributed by atoms with E-state index in [4.69, 9.17) is 15.1 Å². The van der Waals surface area contributed by atoms with Gasteiger partial charge in [0, 0.05) is 0 Å². The van der Waals surface area contributed by atoms with Crippen molar-refractivity contribution in [2.45, 2.75) is 20.3 Å². The molecule has 0 radical (unpaired) electrons. The largest absolute Gasteiger partial charge is 0.484 e. The minimum atomic E-state index is -1.09. The van der Waals surface area contributed by atoms with Crippen molar-refractivity contribution in [2.75, 3.05) is 6.61 Å². The fourth-order valence-corrected chi connectivity index (χ4v) is 0.740. The highest BCUT2D eigenvalue weighted by Gasteiger charge is 2.12. The summed E-state index contributed by atoms with van der Waals surface area (Å²) in [7, 11) is 0. The number of carbonyl (C=O) groups is 1. The van der Waals surface area contributed by atoms with E-state index in [9.17, 15) is 4.79 Å². The number of carboxylic acid groups (broad SMARTS) is 1. The predicted molar refractivity (Wildman–Crippen MR) is 42.2 cm³/mol. The normalized spacial score (nSPS) is 11.4. The van der Waals surface area contributed by atoms with Crippen LogP contribution in [0.4, 0.5) is 0 Å². The number of hydrogen-bond donors (Lipinski definition) is 1. The van der Waals surface area contributed by atoms with E-state index in [0.29, 0.717) is 6.61 Å². The Bertz CT molecular complexity index is 237. The van der Waals surface area contributed by atoms with Gasteiger partial charge in [0.1, 0.15) is 6.07 Å². The third-order valence-electron chi connectivity index (χ3n) is 1.28. The van der Waals surface area contributed by atoms with E-state index in [2.05, 4.69) is 0 Å². The van der Waals surface area contributed by atoms with Gasteiger partial charge in [0.25, 0.3) is 0 Å². The second-order valence-electron chi connectivity index (χ2n) is 2.01. The quantitative estimate of drug-likeness (QED) is 0.391. The molecule has 12 heavy (non-hydrogen) atoms. The lowest BCUT2D eigenvalue weighted by Crippen LogP contribution is -2.05. The van der Waals surface area contributed by atoms with Crippen LogP contribution in [0.25, 0.3) is 0 Å². The molecule has 0 aliphatic heterocycles. The highest BCUT2D eigenvalue weighted by molar-refractivity contribution is 5.87. The van der Waals surface area contributed by atoms with Crippen LogP contribution in [-0.4, -0.2) is 17.7 Å². The Morgan fingerprint density at radius 2 is 2.17 bits per heavy atom. The molecule has 0 aliphatic rings. The van der Waals surface area contributed by atoms with Gasteiger partial charge < -0.3 is 9.84 Å². The summed E-state index contributed by atoms with van der Waals surface area (Å²) in [5, 5.41) is 17.1. The Hall–Kier alpha value is -1.50. The van der Waals surface area contributed by atoms with E-state index in [0.717, 1.165) is 0 Å². The summed E-state index contributed by atoms with van der Waals surface area (Å²) in [6.07, 6.45) is 0.290. The first kappa shape index (κ1) is 10.5. The molecular formula is C8H11NO3. The Kier molecular flexibility index (Phi) is 4.54. The average molecular weight is 169 g/mol. The summed E-state index contributed by atoms with van der Waals surface area (Å²) in [6, 6.07) is 1.71. The molecule has 0 saturated heterocycles. The molecule has 0 aromatic heterocycles. The molecule has 0 amide bonds. The molecule has 1 N–H and O–H groups in total. The van der Waals surface area contributed by atoms with Gasteiger partial charge in [-0.15, -0.1) is 0 Å². The number of rotatable bonds is 4. The Morgan fingerprint density at radius 3 is 2.42 bits per heavy atom. The van der Waals surface area contributed by atoms with E-state index in [-0.39, 0.29) is 17.8 Å². The summed E-state index contributed by atoms with van der Waals surface area (Å²) in [6.45, 7) is 3.67. The third-order valence-corrected chi connectivity index (χ3v) is 1.28. The third kappa shape index (κ3) is 2.62. The van der Waals surface area contributed by atoms with Crippen molar-refractivity contribution in [3.8, 4) is 6.07 Å². The number of ether oxygens (including phenoxy) is 1. The van der Waals surface area contributed by atoms with Gasteiger partial charge in [-0.25, -0.2) is 4.79 Å². The van der Waals surface area contributed by atoms with Gasteiger partial charge in [0.05, 0.1) is 12.2 Å². The standard InChI is InChI=1S/C8H11NO3/c1-3-6(8(10)11)7(5-9)12-4-2/h3-4H2,1-2H3,(H,10,11). The number of carboxylic acids is 1. The molecule has 4 nitrogen and oxygen atoms in total. The van der Waals surface area contributed by atoms with E-state index in [1.807, 2.05) is 0 Å². The molecule has 0 aromatic carbocycles. The van der Waals surface area contributed by atoms with Gasteiger partial charge >= 0.3 is 5.97 Å². The van der Waals surface area contributed by atoms with Crippen LogP contribution >= 0.6 is 0 Å². The molecule has 0 spiro atoms. The van der Waals surface area contributed by atoms with Crippen molar-refractivity contribution in [1.82, 2.24) is 0 Å².